The summed E-state index contributed by atoms with van der Waals surface area (Å²) in [6, 6.07) is 8.49. The number of benzene rings is 1. The van der Waals surface area contributed by atoms with E-state index < -0.39 is 5.54 Å². The lowest BCUT2D eigenvalue weighted by Gasteiger charge is -2.46. The summed E-state index contributed by atoms with van der Waals surface area (Å²) >= 11 is 0. The van der Waals surface area contributed by atoms with Gasteiger partial charge in [0.05, 0.1) is 6.61 Å². The molecule has 4 nitrogen and oxygen atoms in total. The van der Waals surface area contributed by atoms with E-state index in [9.17, 15) is 4.79 Å². The van der Waals surface area contributed by atoms with Crippen LogP contribution in [0.15, 0.2) is 24.3 Å². The molecule has 1 aliphatic carbocycles. The number of carbonyl (C=O) groups is 1. The van der Waals surface area contributed by atoms with Gasteiger partial charge in [-0.3, -0.25) is 9.69 Å². The number of ether oxygens (including phenoxy) is 1. The quantitative estimate of drug-likeness (QED) is 0.853. The van der Waals surface area contributed by atoms with Crippen molar-refractivity contribution < 1.29 is 9.53 Å². The molecule has 4 heteroatoms. The van der Waals surface area contributed by atoms with Crippen molar-refractivity contribution in [3.63, 3.8) is 0 Å². The van der Waals surface area contributed by atoms with Crippen LogP contribution in [0, 0.1) is 0 Å². The van der Waals surface area contributed by atoms with Gasteiger partial charge in [-0.05, 0) is 30.9 Å². The van der Waals surface area contributed by atoms with E-state index in [-0.39, 0.29) is 5.97 Å². The summed E-state index contributed by atoms with van der Waals surface area (Å²) < 4.78 is 5.45. The SMILES string of the molecule is CCOC(=O)C1(N2CCNCC2)CCc2ccccc2C1. The Morgan fingerprint density at radius 2 is 2.00 bits per heavy atom. The number of nitrogens with one attached hydrogen (secondary N) is 1. The van der Waals surface area contributed by atoms with E-state index in [1.54, 1.807) is 0 Å². The van der Waals surface area contributed by atoms with Crippen LogP contribution in [0.3, 0.4) is 0 Å². The molecule has 1 aromatic rings. The fraction of sp³-hybridized carbons (Fsp3) is 0.588. The standard InChI is InChI=1S/C17H24N2O2/c1-2-21-16(20)17(19-11-9-18-10-12-19)8-7-14-5-3-4-6-15(14)13-17/h3-6,18H,2,7-13H2,1H3. The molecule has 1 aromatic carbocycles. The first kappa shape index (κ1) is 14.5. The average Bonchev–Trinajstić information content (AvgIpc) is 2.55. The van der Waals surface area contributed by atoms with Gasteiger partial charge in [-0.15, -0.1) is 0 Å². The molecule has 1 unspecified atom stereocenters. The molecule has 2 aliphatic rings. The molecule has 1 fully saturated rings. The predicted molar refractivity (Wildman–Crippen MR) is 82.3 cm³/mol. The van der Waals surface area contributed by atoms with E-state index in [4.69, 9.17) is 4.74 Å². The highest BCUT2D eigenvalue weighted by Crippen LogP contribution is 2.34. The third-order valence-electron chi connectivity index (χ3n) is 4.79. The number of aryl methyl sites for hydroxylation is 1. The third kappa shape index (κ3) is 2.70. The monoisotopic (exact) mass is 288 g/mol. The van der Waals surface area contributed by atoms with Crippen LogP contribution < -0.4 is 5.32 Å². The van der Waals surface area contributed by atoms with Crippen LogP contribution >= 0.6 is 0 Å². The maximum atomic E-state index is 12.7. The van der Waals surface area contributed by atoms with E-state index in [0.717, 1.165) is 45.4 Å². The van der Waals surface area contributed by atoms with Gasteiger partial charge in [-0.25, -0.2) is 0 Å². The smallest absolute Gasteiger partial charge is 0.326 e. The molecule has 0 spiro atoms. The summed E-state index contributed by atoms with van der Waals surface area (Å²) in [6.07, 6.45) is 2.60. The molecule has 1 N–H and O–H groups in total. The number of fused-ring (bicyclic) bond motifs is 1. The minimum absolute atomic E-state index is 0.0404. The van der Waals surface area contributed by atoms with Crippen LogP contribution in [-0.4, -0.2) is 49.2 Å². The van der Waals surface area contributed by atoms with Crippen molar-refractivity contribution >= 4 is 5.97 Å². The van der Waals surface area contributed by atoms with Gasteiger partial charge in [0.2, 0.25) is 0 Å². The van der Waals surface area contributed by atoms with Crippen LogP contribution in [-0.2, 0) is 22.4 Å². The fourth-order valence-corrected chi connectivity index (χ4v) is 3.65. The third-order valence-corrected chi connectivity index (χ3v) is 4.79. The van der Waals surface area contributed by atoms with Crippen molar-refractivity contribution in [1.29, 1.82) is 0 Å². The molecule has 1 atom stereocenters. The summed E-state index contributed by atoms with van der Waals surface area (Å²) in [5, 5.41) is 3.37. The zero-order valence-corrected chi connectivity index (χ0v) is 12.7. The Bertz CT molecular complexity index is 511. The Hall–Kier alpha value is -1.39. The Kier molecular flexibility index (Phi) is 4.27. The molecule has 0 aromatic heterocycles. The van der Waals surface area contributed by atoms with Gasteiger partial charge in [0, 0.05) is 32.6 Å². The number of piperazine rings is 1. The molecular weight excluding hydrogens is 264 g/mol. The number of nitrogens with zero attached hydrogens (tertiary/aromatic N) is 1. The topological polar surface area (TPSA) is 41.6 Å². The van der Waals surface area contributed by atoms with Crippen molar-refractivity contribution in [3.05, 3.63) is 35.4 Å². The van der Waals surface area contributed by atoms with Gasteiger partial charge in [0.15, 0.2) is 0 Å². The fourth-order valence-electron chi connectivity index (χ4n) is 3.65. The molecule has 114 valence electrons. The second-order valence-electron chi connectivity index (χ2n) is 5.93. The Morgan fingerprint density at radius 3 is 2.71 bits per heavy atom. The zero-order chi connectivity index (χ0) is 14.7. The second-order valence-corrected chi connectivity index (χ2v) is 5.93. The molecule has 3 rings (SSSR count). The molecule has 0 saturated carbocycles. The Labute approximate surface area is 126 Å². The number of hydrogen-bond donors (Lipinski definition) is 1. The summed E-state index contributed by atoms with van der Waals surface area (Å²) in [5.41, 5.74) is 2.22. The summed E-state index contributed by atoms with van der Waals surface area (Å²) in [7, 11) is 0. The maximum Gasteiger partial charge on any atom is 0.326 e. The van der Waals surface area contributed by atoms with E-state index >= 15 is 0 Å². The highest BCUT2D eigenvalue weighted by atomic mass is 16.5. The molecular formula is C17H24N2O2. The van der Waals surface area contributed by atoms with Gasteiger partial charge in [0.25, 0.3) is 0 Å². The van der Waals surface area contributed by atoms with Gasteiger partial charge in [-0.2, -0.15) is 0 Å². The van der Waals surface area contributed by atoms with Crippen molar-refractivity contribution in [2.75, 3.05) is 32.8 Å². The molecule has 21 heavy (non-hydrogen) atoms. The molecule has 0 bridgehead atoms. The molecule has 1 heterocycles. The summed E-state index contributed by atoms with van der Waals surface area (Å²) in [4.78, 5) is 15.1. The second kappa shape index (κ2) is 6.16. The molecule has 0 radical (unpaired) electrons. The minimum Gasteiger partial charge on any atom is -0.465 e. The van der Waals surface area contributed by atoms with Gasteiger partial charge < -0.3 is 10.1 Å². The number of rotatable bonds is 3. The van der Waals surface area contributed by atoms with Crippen molar-refractivity contribution in [2.24, 2.45) is 0 Å². The number of hydrogen-bond acceptors (Lipinski definition) is 4. The Balaban J connectivity index is 1.92. The first-order chi connectivity index (χ1) is 10.3. The van der Waals surface area contributed by atoms with E-state index in [1.807, 2.05) is 6.92 Å². The van der Waals surface area contributed by atoms with E-state index in [2.05, 4.69) is 34.5 Å². The average molecular weight is 288 g/mol. The normalized spacial score (nSPS) is 26.1. The van der Waals surface area contributed by atoms with Gasteiger partial charge in [0.1, 0.15) is 5.54 Å². The lowest BCUT2D eigenvalue weighted by molar-refractivity contribution is -0.159. The highest BCUT2D eigenvalue weighted by molar-refractivity contribution is 5.82. The first-order valence-electron chi connectivity index (χ1n) is 7.96. The van der Waals surface area contributed by atoms with Crippen LogP contribution in [0.5, 0.6) is 0 Å². The van der Waals surface area contributed by atoms with Gasteiger partial charge >= 0.3 is 5.97 Å². The molecule has 0 amide bonds. The zero-order valence-electron chi connectivity index (χ0n) is 12.7. The lowest BCUT2D eigenvalue weighted by Crippen LogP contribution is -2.63. The van der Waals surface area contributed by atoms with Crippen molar-refractivity contribution in [3.8, 4) is 0 Å². The van der Waals surface area contributed by atoms with Crippen LogP contribution in [0.25, 0.3) is 0 Å². The van der Waals surface area contributed by atoms with Crippen LogP contribution in [0.1, 0.15) is 24.5 Å². The lowest BCUT2D eigenvalue weighted by atomic mass is 9.76. The number of esters is 1. The van der Waals surface area contributed by atoms with E-state index in [1.165, 1.54) is 11.1 Å². The van der Waals surface area contributed by atoms with Crippen molar-refractivity contribution in [1.82, 2.24) is 10.2 Å². The largest absolute Gasteiger partial charge is 0.465 e. The number of carbonyl (C=O) groups excluding carboxylic acids is 1. The van der Waals surface area contributed by atoms with Crippen LogP contribution in [0.2, 0.25) is 0 Å². The summed E-state index contributed by atoms with van der Waals surface area (Å²) in [5.74, 6) is -0.0404. The highest BCUT2D eigenvalue weighted by Gasteiger charge is 2.47. The minimum atomic E-state index is -0.466. The maximum absolute atomic E-state index is 12.7. The summed E-state index contributed by atoms with van der Waals surface area (Å²) in [6.45, 7) is 6.07. The Morgan fingerprint density at radius 1 is 1.29 bits per heavy atom. The van der Waals surface area contributed by atoms with Crippen LogP contribution in [0.4, 0.5) is 0 Å². The van der Waals surface area contributed by atoms with Crippen molar-refractivity contribution in [2.45, 2.75) is 31.7 Å². The van der Waals surface area contributed by atoms with E-state index in [0.29, 0.717) is 6.61 Å². The molecule has 1 saturated heterocycles. The first-order valence-corrected chi connectivity index (χ1v) is 7.96. The van der Waals surface area contributed by atoms with Gasteiger partial charge in [-0.1, -0.05) is 24.3 Å². The molecule has 1 aliphatic heterocycles. The predicted octanol–water partition coefficient (Wildman–Crippen LogP) is 1.38.